The maximum Gasteiger partial charge on any atom is 0.416 e. The van der Waals surface area contributed by atoms with Crippen LogP contribution in [0.5, 0.6) is 0 Å². The summed E-state index contributed by atoms with van der Waals surface area (Å²) >= 11 is 7.29. The van der Waals surface area contributed by atoms with Crippen molar-refractivity contribution >= 4 is 22.9 Å². The Morgan fingerprint density at radius 3 is 2.28 bits per heavy atom. The summed E-state index contributed by atoms with van der Waals surface area (Å²) in [5.41, 5.74) is 0.00491. The monoisotopic (exact) mass is 291 g/mol. The molecule has 1 aromatic carbocycles. The number of rotatable bonds is 2. The molecule has 0 aliphatic carbocycles. The number of benzene rings is 1. The fourth-order valence-corrected chi connectivity index (χ4v) is 2.45. The highest BCUT2D eigenvalue weighted by atomic mass is 35.5. The van der Waals surface area contributed by atoms with Crippen LogP contribution in [0.25, 0.3) is 10.6 Å². The molecule has 0 aliphatic heterocycles. The molecule has 2 rings (SSSR count). The fraction of sp³-hybridized carbons (Fsp3) is 0.250. The van der Waals surface area contributed by atoms with Crippen LogP contribution in [0.2, 0.25) is 0 Å². The Bertz CT molecular complexity index is 531. The molecular formula is C12H9ClF3NS. The minimum Gasteiger partial charge on any atom is -0.244 e. The average molecular weight is 292 g/mol. The van der Waals surface area contributed by atoms with E-state index in [1.807, 2.05) is 6.92 Å². The number of nitrogens with zero attached hydrogens (tertiary/aromatic N) is 1. The van der Waals surface area contributed by atoms with E-state index < -0.39 is 11.7 Å². The van der Waals surface area contributed by atoms with Gasteiger partial charge in [0.05, 0.1) is 10.9 Å². The van der Waals surface area contributed by atoms with E-state index in [1.165, 1.54) is 23.5 Å². The second-order valence-corrected chi connectivity index (χ2v) is 5.48. The third-order valence-corrected chi connectivity index (χ3v) is 3.97. The minimum absolute atomic E-state index is 0.148. The molecule has 18 heavy (non-hydrogen) atoms. The van der Waals surface area contributed by atoms with Crippen LogP contribution >= 0.6 is 22.9 Å². The number of alkyl halides is 4. The van der Waals surface area contributed by atoms with Crippen molar-refractivity contribution in [1.29, 1.82) is 0 Å². The summed E-state index contributed by atoms with van der Waals surface area (Å²) in [5, 5.41) is 0.525. The fourth-order valence-electron chi connectivity index (χ4n) is 1.41. The normalized spacial score (nSPS) is 13.6. The average Bonchev–Trinajstić information content (AvgIpc) is 2.77. The summed E-state index contributed by atoms with van der Waals surface area (Å²) < 4.78 is 37.2. The SMILES string of the molecule is C[C@H](Cl)c1cnc(-c2ccc(C(F)(F)F)cc2)s1. The number of hydrogen-bond acceptors (Lipinski definition) is 2. The van der Waals surface area contributed by atoms with Crippen molar-refractivity contribution in [1.82, 2.24) is 4.98 Å². The highest BCUT2D eigenvalue weighted by Gasteiger charge is 2.30. The van der Waals surface area contributed by atoms with E-state index in [1.54, 1.807) is 6.20 Å². The molecule has 0 radical (unpaired) electrons. The highest BCUT2D eigenvalue weighted by molar-refractivity contribution is 7.15. The van der Waals surface area contributed by atoms with E-state index >= 15 is 0 Å². The van der Waals surface area contributed by atoms with Gasteiger partial charge < -0.3 is 0 Å². The van der Waals surface area contributed by atoms with Gasteiger partial charge in [0.1, 0.15) is 5.01 Å². The molecule has 0 N–H and O–H groups in total. The topological polar surface area (TPSA) is 12.9 Å². The Morgan fingerprint density at radius 2 is 1.83 bits per heavy atom. The number of aromatic nitrogens is 1. The molecule has 0 fully saturated rings. The first-order chi connectivity index (χ1) is 8.38. The first-order valence-electron chi connectivity index (χ1n) is 5.15. The van der Waals surface area contributed by atoms with E-state index in [-0.39, 0.29) is 5.38 Å². The van der Waals surface area contributed by atoms with Gasteiger partial charge in [-0.05, 0) is 19.1 Å². The van der Waals surface area contributed by atoms with Crippen molar-refractivity contribution in [3.63, 3.8) is 0 Å². The Morgan fingerprint density at radius 1 is 1.22 bits per heavy atom. The minimum atomic E-state index is -4.31. The van der Waals surface area contributed by atoms with Gasteiger partial charge in [0.15, 0.2) is 0 Å². The molecule has 0 bridgehead atoms. The van der Waals surface area contributed by atoms with Gasteiger partial charge in [0.2, 0.25) is 0 Å². The van der Waals surface area contributed by atoms with Crippen molar-refractivity contribution < 1.29 is 13.2 Å². The Balaban J connectivity index is 2.29. The molecule has 1 nitrogen and oxygen atoms in total. The molecule has 0 amide bonds. The zero-order valence-corrected chi connectivity index (χ0v) is 10.9. The van der Waals surface area contributed by atoms with Crippen molar-refractivity contribution in [2.24, 2.45) is 0 Å². The first kappa shape index (κ1) is 13.4. The van der Waals surface area contributed by atoms with Gasteiger partial charge in [-0.3, -0.25) is 0 Å². The predicted octanol–water partition coefficient (Wildman–Crippen LogP) is 5.13. The van der Waals surface area contributed by atoms with Gasteiger partial charge in [-0.2, -0.15) is 13.2 Å². The summed E-state index contributed by atoms with van der Waals surface area (Å²) in [4.78, 5) is 5.05. The standard InChI is InChI=1S/C12H9ClF3NS/c1-7(13)10-6-17-11(18-10)8-2-4-9(5-3-8)12(14,15)16/h2-7H,1H3/t7-/m0/s1. The van der Waals surface area contributed by atoms with Gasteiger partial charge in [-0.25, -0.2) is 4.98 Å². The Kier molecular flexibility index (Phi) is 3.64. The molecule has 1 aromatic heterocycles. The molecule has 0 spiro atoms. The quantitative estimate of drug-likeness (QED) is 0.699. The predicted molar refractivity (Wildman–Crippen MR) is 66.8 cm³/mol. The van der Waals surface area contributed by atoms with E-state index in [0.717, 1.165) is 17.0 Å². The second-order valence-electron chi connectivity index (χ2n) is 3.76. The third kappa shape index (κ3) is 2.84. The van der Waals surface area contributed by atoms with E-state index in [9.17, 15) is 13.2 Å². The summed E-state index contributed by atoms with van der Waals surface area (Å²) in [5.74, 6) is 0. The molecule has 0 saturated carbocycles. The lowest BCUT2D eigenvalue weighted by Gasteiger charge is -2.06. The zero-order valence-electron chi connectivity index (χ0n) is 9.33. The molecular weight excluding hydrogens is 283 g/mol. The maximum atomic E-state index is 12.4. The van der Waals surface area contributed by atoms with Crippen LogP contribution in [-0.4, -0.2) is 4.98 Å². The lowest BCUT2D eigenvalue weighted by Crippen LogP contribution is -2.03. The molecule has 96 valence electrons. The van der Waals surface area contributed by atoms with Gasteiger partial charge in [0.25, 0.3) is 0 Å². The van der Waals surface area contributed by atoms with E-state index in [0.29, 0.717) is 10.6 Å². The molecule has 1 heterocycles. The van der Waals surface area contributed by atoms with Crippen molar-refractivity contribution in [3.05, 3.63) is 40.9 Å². The molecule has 2 aromatic rings. The van der Waals surface area contributed by atoms with Crippen molar-refractivity contribution in [3.8, 4) is 10.6 Å². The van der Waals surface area contributed by atoms with Gasteiger partial charge >= 0.3 is 6.18 Å². The van der Waals surface area contributed by atoms with Crippen LogP contribution in [0, 0.1) is 0 Å². The highest BCUT2D eigenvalue weighted by Crippen LogP contribution is 2.34. The van der Waals surface area contributed by atoms with Gasteiger partial charge in [-0.15, -0.1) is 22.9 Å². The number of hydrogen-bond donors (Lipinski definition) is 0. The molecule has 0 aliphatic rings. The summed E-state index contributed by atoms with van der Waals surface area (Å²) in [6, 6.07) is 4.95. The lowest BCUT2D eigenvalue weighted by atomic mass is 10.1. The Labute approximate surface area is 111 Å². The van der Waals surface area contributed by atoms with Crippen LogP contribution < -0.4 is 0 Å². The van der Waals surface area contributed by atoms with Crippen LogP contribution in [0.3, 0.4) is 0 Å². The maximum absolute atomic E-state index is 12.4. The van der Waals surface area contributed by atoms with Crippen molar-refractivity contribution in [2.45, 2.75) is 18.5 Å². The second kappa shape index (κ2) is 4.90. The number of thiazole rings is 1. The Hall–Kier alpha value is -1.07. The summed E-state index contributed by atoms with van der Waals surface area (Å²) in [6.45, 7) is 1.82. The third-order valence-electron chi connectivity index (χ3n) is 2.37. The van der Waals surface area contributed by atoms with Gasteiger partial charge in [0, 0.05) is 16.6 Å². The number of halogens is 4. The zero-order chi connectivity index (χ0) is 13.3. The summed E-state index contributed by atoms with van der Waals surface area (Å²) in [6.07, 6.45) is -2.66. The lowest BCUT2D eigenvalue weighted by molar-refractivity contribution is -0.137. The van der Waals surface area contributed by atoms with Crippen LogP contribution in [0.15, 0.2) is 30.5 Å². The van der Waals surface area contributed by atoms with Crippen LogP contribution in [-0.2, 0) is 6.18 Å². The molecule has 0 saturated heterocycles. The van der Waals surface area contributed by atoms with Crippen LogP contribution in [0.4, 0.5) is 13.2 Å². The summed E-state index contributed by atoms with van der Waals surface area (Å²) in [7, 11) is 0. The van der Waals surface area contributed by atoms with Gasteiger partial charge in [-0.1, -0.05) is 12.1 Å². The largest absolute Gasteiger partial charge is 0.416 e. The van der Waals surface area contributed by atoms with Crippen LogP contribution in [0.1, 0.15) is 22.7 Å². The smallest absolute Gasteiger partial charge is 0.244 e. The molecule has 0 unspecified atom stereocenters. The first-order valence-corrected chi connectivity index (χ1v) is 6.40. The van der Waals surface area contributed by atoms with Crippen molar-refractivity contribution in [2.75, 3.05) is 0 Å². The van der Waals surface area contributed by atoms with E-state index in [2.05, 4.69) is 4.98 Å². The molecule has 6 heteroatoms. The molecule has 1 atom stereocenters. The van der Waals surface area contributed by atoms with E-state index in [4.69, 9.17) is 11.6 Å².